The normalized spacial score (nSPS) is 21.5. The van der Waals surface area contributed by atoms with Gasteiger partial charge in [0.25, 0.3) is 0 Å². The van der Waals surface area contributed by atoms with Crippen molar-refractivity contribution in [2.75, 3.05) is 119 Å². The Hall–Kier alpha value is -7.91. The van der Waals surface area contributed by atoms with E-state index in [0.29, 0.717) is 81.4 Å². The number of halogens is 8. The van der Waals surface area contributed by atoms with Crippen LogP contribution in [-0.4, -0.2) is 212 Å². The minimum absolute atomic E-state index is 0.153. The van der Waals surface area contributed by atoms with Gasteiger partial charge in [0, 0.05) is 127 Å². The van der Waals surface area contributed by atoms with E-state index in [9.17, 15) is 5.11 Å². The number of hydrogen-bond acceptors (Lipinski definition) is 24. The summed E-state index contributed by atoms with van der Waals surface area (Å²) in [4.78, 5) is 33.4. The van der Waals surface area contributed by atoms with E-state index in [2.05, 4.69) is 101 Å². The summed E-state index contributed by atoms with van der Waals surface area (Å²) in [6.07, 6.45) is 26.7. The number of rotatable bonds is 12. The number of pyridine rings is 1. The van der Waals surface area contributed by atoms with Gasteiger partial charge >= 0.3 is 0 Å². The van der Waals surface area contributed by atoms with E-state index in [4.69, 9.17) is 123 Å². The van der Waals surface area contributed by atoms with Gasteiger partial charge in [0.1, 0.15) is 36.1 Å². The minimum Gasteiger partial charge on any atom is -0.393 e. The van der Waals surface area contributed by atoms with Crippen molar-refractivity contribution in [2.45, 2.75) is 161 Å². The number of fused-ring (bicyclic) bond motifs is 4. The topological polar surface area (TPSA) is 302 Å². The van der Waals surface area contributed by atoms with Crippen LogP contribution in [0.4, 0.5) is 29.6 Å². The van der Waals surface area contributed by atoms with E-state index in [0.717, 1.165) is 219 Å². The predicted octanol–water partition coefficient (Wildman–Crippen LogP) is 15.9. The number of nitrogens with one attached hydrogen (secondary N) is 4. The third-order valence-electron chi connectivity index (χ3n) is 28.1. The number of nitrogens with two attached hydrogens (primary N) is 1. The van der Waals surface area contributed by atoms with E-state index in [1.807, 2.05) is 95.8 Å². The molecule has 122 heavy (non-hydrogen) atoms. The molecular weight excluding hydrogens is 1710 g/mol. The minimum atomic E-state index is -0.212. The largest absolute Gasteiger partial charge is 0.393 e. The zero-order valence-corrected chi connectivity index (χ0v) is 75.7. The number of aromatic nitrogens is 17. The lowest BCUT2D eigenvalue weighted by Crippen LogP contribution is -2.50. The van der Waals surface area contributed by atoms with Crippen molar-refractivity contribution in [3.63, 3.8) is 0 Å². The number of piperidine rings is 4. The van der Waals surface area contributed by atoms with Crippen LogP contribution < -0.4 is 46.6 Å². The van der Waals surface area contributed by atoms with E-state index < -0.39 is 0 Å². The molecule has 28 nitrogen and oxygen atoms in total. The fourth-order valence-electron chi connectivity index (χ4n) is 21.5. The second-order valence-corrected chi connectivity index (χ2v) is 37.3. The third kappa shape index (κ3) is 15.7. The van der Waals surface area contributed by atoms with Crippen LogP contribution in [0.25, 0.3) is 67.1 Å². The molecule has 36 heteroatoms. The Labute approximate surface area is 749 Å². The number of ether oxygens (including phenoxy) is 1. The van der Waals surface area contributed by atoms with E-state index in [-0.39, 0.29) is 27.8 Å². The maximum Gasteiger partial charge on any atom is 0.212 e. The first-order valence-corrected chi connectivity index (χ1v) is 45.2. The summed E-state index contributed by atoms with van der Waals surface area (Å²) in [6, 6.07) is 18.8. The molecule has 7 N–H and O–H groups in total. The fourth-order valence-corrected chi connectivity index (χ4v) is 23.1. The Bertz CT molecular complexity index is 5680. The number of likely N-dealkylation sites (N-methyl/N-ethyl adjacent to an activating group) is 1. The molecule has 8 fully saturated rings. The van der Waals surface area contributed by atoms with Crippen molar-refractivity contribution in [3.8, 4) is 44.5 Å². The number of nitrogens with zero attached hydrogens (tertiary/aromatic N) is 21. The number of benzene rings is 3. The number of hydrogen-bond donors (Lipinski definition) is 6. The van der Waals surface area contributed by atoms with Crippen LogP contribution in [0.3, 0.4) is 0 Å². The molecule has 0 unspecified atom stereocenters. The van der Waals surface area contributed by atoms with Crippen molar-refractivity contribution < 1.29 is 9.84 Å². The van der Waals surface area contributed by atoms with Gasteiger partial charge in [-0.15, -0.1) is 40.8 Å². The van der Waals surface area contributed by atoms with Crippen molar-refractivity contribution in [2.24, 2.45) is 21.7 Å². The molecule has 9 aromatic heterocycles. The molecule has 644 valence electrons. The number of aliphatic hydroxyl groups is 1. The first-order valence-electron chi connectivity index (χ1n) is 42.2. The van der Waals surface area contributed by atoms with Crippen LogP contribution in [0.5, 0.6) is 0 Å². The summed E-state index contributed by atoms with van der Waals surface area (Å²) in [6.45, 7) is 17.0. The van der Waals surface area contributed by atoms with Crippen LogP contribution in [0.15, 0.2) is 86.1 Å². The first kappa shape index (κ1) is 86.2. The van der Waals surface area contributed by atoms with Gasteiger partial charge in [0.2, 0.25) is 23.8 Å². The molecule has 3 saturated carbocycles. The highest BCUT2D eigenvalue weighted by molar-refractivity contribution is 6.46. The second kappa shape index (κ2) is 35.5. The molecule has 0 bridgehead atoms. The maximum absolute atomic E-state index is 10.3. The SMILES string of the molecule is CN[C@@H]1CCCC12CCN(c1nc(C)c(-c3cccc(Cl)c3Cl)c3nncn13)CC2.CN[C@@H]1CCCC12CCN(c1nc(C)c(-c3cnc(N)c(Cl)c3Cl)c3nncn13)CC2.CN[C@@H]1COCC12CCN(c1nc(C)c(-c3cccc(Cl)c3Cl)c3nncn13)CC2.CN[C@@H]1C[C@H](O)CC12CCN(c1nc(C)c(-c3cccc(Cl)c3Cl)c3nncn13)CC2. The molecule has 20 rings (SSSR count). The Morgan fingerprint density at radius 1 is 0.402 bits per heavy atom. The monoisotopic (exact) mass is 1810 g/mol. The number of aliphatic hydroxyl groups excluding tert-OH is 1. The molecule has 5 aliphatic heterocycles. The highest BCUT2D eigenvalue weighted by Gasteiger charge is 2.50. The van der Waals surface area contributed by atoms with Crippen LogP contribution in [0, 0.1) is 49.4 Å². The smallest absolute Gasteiger partial charge is 0.212 e. The van der Waals surface area contributed by atoms with Crippen molar-refractivity contribution in [1.29, 1.82) is 0 Å². The number of anilines is 5. The van der Waals surface area contributed by atoms with Gasteiger partial charge in [-0.25, -0.2) is 24.9 Å². The average Bonchev–Trinajstić information content (AvgIpc) is 1.48. The predicted molar refractivity (Wildman–Crippen MR) is 487 cm³/mol. The van der Waals surface area contributed by atoms with Gasteiger partial charge < -0.3 is 56.4 Å². The van der Waals surface area contributed by atoms with Crippen LogP contribution in [-0.2, 0) is 4.74 Å². The van der Waals surface area contributed by atoms with Gasteiger partial charge in [0.05, 0.1) is 82.8 Å². The van der Waals surface area contributed by atoms with Crippen LogP contribution in [0.1, 0.15) is 126 Å². The lowest BCUT2D eigenvalue weighted by Gasteiger charge is -2.43. The molecule has 4 spiro atoms. The maximum atomic E-state index is 10.3. The highest BCUT2D eigenvalue weighted by Crippen LogP contribution is 2.52. The van der Waals surface area contributed by atoms with E-state index >= 15 is 0 Å². The molecule has 0 radical (unpaired) electrons. The summed E-state index contributed by atoms with van der Waals surface area (Å²) in [7, 11) is 8.23. The van der Waals surface area contributed by atoms with Crippen molar-refractivity contribution in [1.82, 2.24) is 105 Å². The molecule has 5 saturated heterocycles. The number of aryl methyl sites for hydroxylation is 4. The lowest BCUT2D eigenvalue weighted by atomic mass is 9.74. The Morgan fingerprint density at radius 3 is 1.07 bits per heavy atom. The van der Waals surface area contributed by atoms with Crippen molar-refractivity contribution >= 4 is 145 Å². The van der Waals surface area contributed by atoms with Gasteiger partial charge in [-0.2, -0.15) is 0 Å². The zero-order valence-electron chi connectivity index (χ0n) is 69.7. The van der Waals surface area contributed by atoms with Gasteiger partial charge in [-0.05, 0) is 180 Å². The Morgan fingerprint density at radius 2 is 0.730 bits per heavy atom. The van der Waals surface area contributed by atoms with Gasteiger partial charge in [-0.3, -0.25) is 17.6 Å². The fraction of sp³-hybridized carbons (Fsp3) is 0.500. The summed E-state index contributed by atoms with van der Waals surface area (Å²) in [5.41, 5.74) is 19.7. The van der Waals surface area contributed by atoms with Gasteiger partial charge in [-0.1, -0.05) is 142 Å². The molecule has 8 aliphatic rings. The quantitative estimate of drug-likeness (QED) is 0.0662. The summed E-state index contributed by atoms with van der Waals surface area (Å²) >= 11 is 51.1. The van der Waals surface area contributed by atoms with Crippen LogP contribution >= 0.6 is 92.8 Å². The third-order valence-corrected chi connectivity index (χ3v) is 31.4. The summed E-state index contributed by atoms with van der Waals surface area (Å²) in [5.74, 6) is 3.67. The zero-order chi connectivity index (χ0) is 85.3. The molecule has 3 aliphatic carbocycles. The summed E-state index contributed by atoms with van der Waals surface area (Å²) < 4.78 is 13.6. The molecular formula is C86H102Cl8N26O2. The Balaban J connectivity index is 0.000000116. The molecule has 14 heterocycles. The number of nitrogen functional groups attached to an aromatic ring is 1. The second-order valence-electron chi connectivity index (χ2n) is 34.2. The lowest BCUT2D eigenvalue weighted by molar-refractivity contribution is 0.129. The molecule has 12 aromatic rings. The summed E-state index contributed by atoms with van der Waals surface area (Å²) in [5, 5.41) is 62.1. The average molecular weight is 1820 g/mol. The van der Waals surface area contributed by atoms with E-state index in [1.54, 1.807) is 49.7 Å². The molecule has 0 amide bonds. The first-order chi connectivity index (χ1) is 59.0. The molecule has 3 aromatic carbocycles. The standard InChI is InChI=1S/C22H26Cl2N6O.C22H26Cl2N6.C21H26Cl2N8.C21H24Cl2N6O/c1-13-18(15-4-3-5-16(23)19(15)24)20-28-26-12-30(20)21(27-13)29-8-6-22(7-9-29)11-14(31)10-17(22)25-2;1-14-18(15-5-3-6-16(23)19(15)24)20-28-26-13-30(20)21(27-14)29-11-9-22(10-12-29)8-4-7-17(22)25-2;1-12-15(13-10-26-18(24)17(23)16(13)22)19-29-27-11-31(19)20(28-12)30-8-6-21(7-9-30)5-3-4-14(21)25-2;1-13-17(14-4-3-5-15(22)18(14)23)19-27-25-12-29(19)20(26-13)28-8-6-21(7-9-28)11-30-10-16(21)24-2/h3-5,12,14,17,25,31H,6-11H2,1-2H3;3,5-6,13,17,25H,4,7-12H2,1-2H3;10-11,14,25H,3-9H2,1-2H3,(H2,24,26);3-5,12,16,24H,6-11H2,1-2H3/t14-,17+;17-;14-;16-/m0111/s1. The van der Waals surface area contributed by atoms with E-state index in [1.165, 1.54) is 51.4 Å². The molecule has 5 atom stereocenters. The Kier molecular flexibility index (Phi) is 25.1. The highest BCUT2D eigenvalue weighted by atomic mass is 35.5. The van der Waals surface area contributed by atoms with Crippen LogP contribution in [0.2, 0.25) is 40.2 Å². The van der Waals surface area contributed by atoms with Gasteiger partial charge in [0.15, 0.2) is 22.6 Å². The van der Waals surface area contributed by atoms with Crippen molar-refractivity contribution in [3.05, 3.63) is 149 Å².